The molecule has 0 saturated carbocycles. The zero-order chi connectivity index (χ0) is 15.4. The summed E-state index contributed by atoms with van der Waals surface area (Å²) in [6, 6.07) is 3.71. The summed E-state index contributed by atoms with van der Waals surface area (Å²) in [6.07, 6.45) is 0.350. The second-order valence-electron chi connectivity index (χ2n) is 5.51. The predicted octanol–water partition coefficient (Wildman–Crippen LogP) is 1.95. The summed E-state index contributed by atoms with van der Waals surface area (Å²) in [5.41, 5.74) is 0. The van der Waals surface area contributed by atoms with Crippen molar-refractivity contribution in [3.8, 4) is 0 Å². The Balaban J connectivity index is 2.05. The number of rotatable bonds is 4. The summed E-state index contributed by atoms with van der Waals surface area (Å²) in [6.45, 7) is 6.61. The van der Waals surface area contributed by atoms with Gasteiger partial charge in [-0.05, 0) is 25.3 Å². The van der Waals surface area contributed by atoms with Crippen LogP contribution in [0.25, 0.3) is 0 Å². The van der Waals surface area contributed by atoms with Gasteiger partial charge in [0.2, 0.25) is 11.8 Å². The third-order valence-electron chi connectivity index (χ3n) is 3.57. The Kier molecular flexibility index (Phi) is 5.36. The van der Waals surface area contributed by atoms with Gasteiger partial charge in [0.15, 0.2) is 0 Å². The van der Waals surface area contributed by atoms with Crippen molar-refractivity contribution in [3.63, 3.8) is 0 Å². The number of hydrogen-bond donors (Lipinski definition) is 1. The molecule has 0 unspecified atom stereocenters. The van der Waals surface area contributed by atoms with Crippen molar-refractivity contribution >= 4 is 23.2 Å². The van der Waals surface area contributed by atoms with E-state index in [9.17, 15) is 9.59 Å². The number of thiophene rings is 1. The molecule has 21 heavy (non-hydrogen) atoms. The Morgan fingerprint density at radius 3 is 2.90 bits per heavy atom. The Hall–Kier alpha value is -1.40. The van der Waals surface area contributed by atoms with Crippen LogP contribution in [0.2, 0.25) is 0 Å². The molecule has 2 amide bonds. The molecule has 2 rings (SSSR count). The normalized spacial score (nSPS) is 23.7. The molecule has 1 aliphatic heterocycles. The maximum absolute atomic E-state index is 12.6. The van der Waals surface area contributed by atoms with Gasteiger partial charge in [-0.2, -0.15) is 0 Å². The summed E-state index contributed by atoms with van der Waals surface area (Å²) >= 11 is 1.55. The number of ether oxygens (including phenoxy) is 1. The monoisotopic (exact) mass is 310 g/mol. The van der Waals surface area contributed by atoms with Gasteiger partial charge in [0.25, 0.3) is 0 Å². The van der Waals surface area contributed by atoms with Crippen LogP contribution in [0.15, 0.2) is 17.5 Å². The van der Waals surface area contributed by atoms with E-state index in [-0.39, 0.29) is 36.4 Å². The molecule has 2 heterocycles. The van der Waals surface area contributed by atoms with Crippen LogP contribution >= 0.6 is 11.3 Å². The van der Waals surface area contributed by atoms with Gasteiger partial charge < -0.3 is 15.0 Å². The lowest BCUT2D eigenvalue weighted by Gasteiger charge is -2.37. The van der Waals surface area contributed by atoms with E-state index in [1.54, 1.807) is 11.3 Å². The van der Waals surface area contributed by atoms with Crippen LogP contribution < -0.4 is 5.32 Å². The minimum Gasteiger partial charge on any atom is -0.375 e. The molecule has 0 aliphatic carbocycles. The van der Waals surface area contributed by atoms with Crippen molar-refractivity contribution < 1.29 is 14.3 Å². The van der Waals surface area contributed by atoms with Gasteiger partial charge in [0.1, 0.15) is 0 Å². The van der Waals surface area contributed by atoms with Crippen molar-refractivity contribution in [2.24, 2.45) is 0 Å². The molecular weight excluding hydrogens is 288 g/mol. The molecule has 6 heteroatoms. The lowest BCUT2D eigenvalue weighted by atomic mass is 10.1. The van der Waals surface area contributed by atoms with Crippen LogP contribution in [0.3, 0.4) is 0 Å². The molecule has 1 aromatic rings. The summed E-state index contributed by atoms with van der Waals surface area (Å²) < 4.78 is 5.55. The van der Waals surface area contributed by atoms with Crippen molar-refractivity contribution in [1.29, 1.82) is 0 Å². The first-order chi connectivity index (χ1) is 9.97. The third-order valence-corrected chi connectivity index (χ3v) is 4.56. The quantitative estimate of drug-likeness (QED) is 0.925. The maximum atomic E-state index is 12.6. The number of nitrogens with one attached hydrogen (secondary N) is 1. The standard InChI is InChI=1S/C15H22N2O3S/c1-10-9-20-11(2)8-17(10)15(19)7-13(16-12(3)18)14-5-4-6-21-14/h4-6,10-11,13H,7-9H2,1-3H3,(H,16,18)/t10-,11-,13+/m0/s1. The maximum Gasteiger partial charge on any atom is 0.225 e. The molecule has 0 radical (unpaired) electrons. The molecule has 116 valence electrons. The van der Waals surface area contributed by atoms with Gasteiger partial charge in [0.05, 0.1) is 31.2 Å². The summed E-state index contributed by atoms with van der Waals surface area (Å²) in [5.74, 6) is -0.0607. The zero-order valence-electron chi connectivity index (χ0n) is 12.7. The average molecular weight is 310 g/mol. The Bertz CT molecular complexity index is 489. The van der Waals surface area contributed by atoms with E-state index in [2.05, 4.69) is 5.32 Å². The van der Waals surface area contributed by atoms with E-state index in [0.29, 0.717) is 13.2 Å². The SMILES string of the molecule is CC(=O)N[C@H](CC(=O)N1C[C@H](C)OC[C@@H]1C)c1cccs1. The van der Waals surface area contributed by atoms with Crippen molar-refractivity contribution in [3.05, 3.63) is 22.4 Å². The highest BCUT2D eigenvalue weighted by atomic mass is 32.1. The van der Waals surface area contributed by atoms with Gasteiger partial charge in [-0.25, -0.2) is 0 Å². The topological polar surface area (TPSA) is 58.6 Å². The number of morpholine rings is 1. The van der Waals surface area contributed by atoms with E-state index in [4.69, 9.17) is 4.74 Å². The zero-order valence-corrected chi connectivity index (χ0v) is 13.5. The molecule has 1 saturated heterocycles. The number of nitrogens with zero attached hydrogens (tertiary/aromatic N) is 1. The summed E-state index contributed by atoms with van der Waals surface area (Å²) in [7, 11) is 0. The van der Waals surface area contributed by atoms with Crippen molar-refractivity contribution in [2.75, 3.05) is 13.2 Å². The number of carbonyl (C=O) groups is 2. The predicted molar refractivity (Wildman–Crippen MR) is 82.1 cm³/mol. The highest BCUT2D eigenvalue weighted by Crippen LogP contribution is 2.24. The number of amides is 2. The van der Waals surface area contributed by atoms with E-state index in [1.165, 1.54) is 6.92 Å². The number of carbonyl (C=O) groups excluding carboxylic acids is 2. The fraction of sp³-hybridized carbons (Fsp3) is 0.600. The second-order valence-corrected chi connectivity index (χ2v) is 6.49. The smallest absolute Gasteiger partial charge is 0.225 e. The van der Waals surface area contributed by atoms with Gasteiger partial charge >= 0.3 is 0 Å². The lowest BCUT2D eigenvalue weighted by molar-refractivity contribution is -0.143. The van der Waals surface area contributed by atoms with Gasteiger partial charge in [-0.3, -0.25) is 9.59 Å². The molecule has 1 N–H and O–H groups in total. The number of hydrogen-bond acceptors (Lipinski definition) is 4. The highest BCUT2D eigenvalue weighted by Gasteiger charge is 2.29. The minimum atomic E-state index is -0.250. The summed E-state index contributed by atoms with van der Waals surface area (Å²) in [4.78, 5) is 26.8. The Morgan fingerprint density at radius 1 is 1.52 bits per heavy atom. The van der Waals surface area contributed by atoms with Crippen molar-refractivity contribution in [2.45, 2.75) is 45.4 Å². The van der Waals surface area contributed by atoms with Gasteiger partial charge in [-0.1, -0.05) is 6.07 Å². The molecule has 0 spiro atoms. The minimum absolute atomic E-state index is 0.0600. The molecular formula is C15H22N2O3S. The largest absolute Gasteiger partial charge is 0.375 e. The first kappa shape index (κ1) is 16.0. The first-order valence-corrected chi connectivity index (χ1v) is 8.07. The molecule has 1 aliphatic rings. The Labute approximate surface area is 129 Å². The lowest BCUT2D eigenvalue weighted by Crippen LogP contribution is -2.50. The van der Waals surface area contributed by atoms with Crippen LogP contribution in [0.4, 0.5) is 0 Å². The van der Waals surface area contributed by atoms with E-state index >= 15 is 0 Å². The van der Waals surface area contributed by atoms with E-state index in [1.807, 2.05) is 36.3 Å². The molecule has 5 nitrogen and oxygen atoms in total. The van der Waals surface area contributed by atoms with Gasteiger partial charge in [0, 0.05) is 18.3 Å². The fourth-order valence-corrected chi connectivity index (χ4v) is 3.28. The molecule has 0 aromatic carbocycles. The fourth-order valence-electron chi connectivity index (χ4n) is 2.50. The Morgan fingerprint density at radius 2 is 2.29 bits per heavy atom. The third kappa shape index (κ3) is 4.28. The van der Waals surface area contributed by atoms with Crippen LogP contribution in [-0.4, -0.2) is 42.0 Å². The van der Waals surface area contributed by atoms with Crippen LogP contribution in [0, 0.1) is 0 Å². The van der Waals surface area contributed by atoms with Crippen LogP contribution in [0.1, 0.15) is 38.1 Å². The molecule has 3 atom stereocenters. The van der Waals surface area contributed by atoms with Crippen molar-refractivity contribution in [1.82, 2.24) is 10.2 Å². The highest BCUT2D eigenvalue weighted by molar-refractivity contribution is 7.10. The average Bonchev–Trinajstić information content (AvgIpc) is 2.94. The van der Waals surface area contributed by atoms with Crippen LogP contribution in [-0.2, 0) is 14.3 Å². The molecule has 1 aromatic heterocycles. The second kappa shape index (κ2) is 7.04. The first-order valence-electron chi connectivity index (χ1n) is 7.19. The van der Waals surface area contributed by atoms with E-state index < -0.39 is 0 Å². The van der Waals surface area contributed by atoms with Crippen LogP contribution in [0.5, 0.6) is 0 Å². The molecule has 0 bridgehead atoms. The summed E-state index contributed by atoms with van der Waals surface area (Å²) in [5, 5.41) is 4.82. The van der Waals surface area contributed by atoms with Gasteiger partial charge in [-0.15, -0.1) is 11.3 Å². The van der Waals surface area contributed by atoms with E-state index in [0.717, 1.165) is 4.88 Å². The molecule has 1 fully saturated rings.